The van der Waals surface area contributed by atoms with Crippen molar-refractivity contribution >= 4 is 17.1 Å². The predicted octanol–water partition coefficient (Wildman–Crippen LogP) is 5.83. The van der Waals surface area contributed by atoms with Crippen molar-refractivity contribution in [3.63, 3.8) is 0 Å². The van der Waals surface area contributed by atoms with Crippen LogP contribution in [0.3, 0.4) is 0 Å². The lowest BCUT2D eigenvalue weighted by molar-refractivity contribution is -0.137. The fraction of sp³-hybridized carbons (Fsp3) is 0.393. The summed E-state index contributed by atoms with van der Waals surface area (Å²) in [6, 6.07) is 10.2. The summed E-state index contributed by atoms with van der Waals surface area (Å²) in [5.74, 6) is 0.449. The van der Waals surface area contributed by atoms with E-state index in [1.165, 1.54) is 12.1 Å². The van der Waals surface area contributed by atoms with Gasteiger partial charge in [-0.1, -0.05) is 26.0 Å². The molecule has 202 valence electrons. The van der Waals surface area contributed by atoms with Gasteiger partial charge in [0.2, 0.25) is 0 Å². The third kappa shape index (κ3) is 6.19. The number of carbonyl (C=O) groups excluding carboxylic acids is 1. The predicted molar refractivity (Wildman–Crippen MR) is 140 cm³/mol. The maximum absolute atomic E-state index is 13.0. The molecule has 38 heavy (non-hydrogen) atoms. The van der Waals surface area contributed by atoms with E-state index in [-0.39, 0.29) is 23.9 Å². The smallest absolute Gasteiger partial charge is 0.416 e. The first-order valence-corrected chi connectivity index (χ1v) is 13.8. The fourth-order valence-electron chi connectivity index (χ4n) is 4.76. The van der Waals surface area contributed by atoms with Crippen molar-refractivity contribution in [3.8, 4) is 0 Å². The second kappa shape index (κ2) is 11.4. The lowest BCUT2D eigenvalue weighted by atomic mass is 9.99. The van der Waals surface area contributed by atoms with Gasteiger partial charge in [-0.3, -0.25) is 19.7 Å². The summed E-state index contributed by atoms with van der Waals surface area (Å²) in [4.78, 5) is 24.8. The third-order valence-electron chi connectivity index (χ3n) is 6.68. The minimum Gasteiger partial charge on any atom is -0.611 e. The topological polar surface area (TPSA) is 81.2 Å². The van der Waals surface area contributed by atoms with E-state index in [4.69, 9.17) is 0 Å². The highest BCUT2D eigenvalue weighted by atomic mass is 32.2. The Bertz CT molecular complexity index is 1270. The number of amides is 1. The number of fused-ring (bicyclic) bond motifs is 1. The van der Waals surface area contributed by atoms with E-state index in [1.807, 2.05) is 19.9 Å². The van der Waals surface area contributed by atoms with Crippen molar-refractivity contribution in [2.24, 2.45) is 5.92 Å². The molecule has 0 radical (unpaired) electrons. The number of halogens is 3. The molecule has 0 spiro atoms. The van der Waals surface area contributed by atoms with Crippen LogP contribution in [0, 0.1) is 5.92 Å². The van der Waals surface area contributed by atoms with Crippen LogP contribution in [0.4, 0.5) is 13.2 Å². The van der Waals surface area contributed by atoms with E-state index >= 15 is 0 Å². The summed E-state index contributed by atoms with van der Waals surface area (Å²) in [5, 5.41) is 2.95. The molecule has 2 aromatic heterocycles. The number of nitrogens with zero attached hydrogens (tertiary/aromatic N) is 3. The average Bonchev–Trinajstić information content (AvgIpc) is 3.25. The number of alkyl halides is 3. The van der Waals surface area contributed by atoms with Crippen molar-refractivity contribution in [1.82, 2.24) is 20.2 Å². The first-order valence-electron chi connectivity index (χ1n) is 12.5. The number of hydrogen-bond donors (Lipinski definition) is 1. The van der Waals surface area contributed by atoms with E-state index in [1.54, 1.807) is 24.5 Å². The molecule has 6 nitrogen and oxygen atoms in total. The molecule has 0 saturated heterocycles. The fourth-order valence-corrected chi connectivity index (χ4v) is 5.48. The number of rotatable bonds is 8. The van der Waals surface area contributed by atoms with Crippen LogP contribution in [0.2, 0.25) is 0 Å². The Morgan fingerprint density at radius 3 is 2.42 bits per heavy atom. The van der Waals surface area contributed by atoms with Gasteiger partial charge in [-0.05, 0) is 72.4 Å². The molecule has 1 amide bonds. The Morgan fingerprint density at radius 1 is 1.13 bits per heavy atom. The molecule has 1 aromatic carbocycles. The molecule has 0 saturated carbocycles. The second-order valence-corrected chi connectivity index (χ2v) is 11.5. The molecular formula is C28H31F3N4O2S. The summed E-state index contributed by atoms with van der Waals surface area (Å²) >= 11 is -1.09. The van der Waals surface area contributed by atoms with E-state index in [2.05, 4.69) is 34.0 Å². The van der Waals surface area contributed by atoms with Crippen molar-refractivity contribution in [1.29, 1.82) is 0 Å². The van der Waals surface area contributed by atoms with E-state index in [0.29, 0.717) is 35.0 Å². The number of nitrogens with one attached hydrogen (secondary N) is 1. The second-order valence-electron chi connectivity index (χ2n) is 9.80. The minimum atomic E-state index is -4.36. The molecule has 3 atom stereocenters. The van der Waals surface area contributed by atoms with Gasteiger partial charge in [-0.15, -0.1) is 0 Å². The number of hydrogen-bond acceptors (Lipinski definition) is 5. The average molecular weight is 545 g/mol. The van der Waals surface area contributed by atoms with Gasteiger partial charge in [0.1, 0.15) is 5.75 Å². The van der Waals surface area contributed by atoms with Crippen molar-refractivity contribution in [2.75, 3.05) is 5.75 Å². The zero-order valence-electron chi connectivity index (χ0n) is 21.7. The quantitative estimate of drug-likeness (QED) is 0.361. The van der Waals surface area contributed by atoms with Crippen LogP contribution in [-0.4, -0.2) is 31.1 Å². The minimum absolute atomic E-state index is 0.0142. The highest BCUT2D eigenvalue weighted by molar-refractivity contribution is 7.91. The molecule has 10 heteroatoms. The number of aromatic nitrogens is 2. The van der Waals surface area contributed by atoms with Crippen molar-refractivity contribution < 1.29 is 22.5 Å². The lowest BCUT2D eigenvalue weighted by Crippen LogP contribution is -2.27. The number of carbonyl (C=O) groups is 1. The molecule has 1 unspecified atom stereocenters. The van der Waals surface area contributed by atoms with Gasteiger partial charge >= 0.3 is 6.18 Å². The lowest BCUT2D eigenvalue weighted by Gasteiger charge is -2.27. The molecule has 3 heterocycles. The van der Waals surface area contributed by atoms with Gasteiger partial charge in [0.25, 0.3) is 5.91 Å². The maximum atomic E-state index is 13.0. The maximum Gasteiger partial charge on any atom is 0.416 e. The van der Waals surface area contributed by atoms with Crippen LogP contribution in [0.15, 0.2) is 59.8 Å². The van der Waals surface area contributed by atoms with Crippen LogP contribution < -0.4 is 5.32 Å². The highest BCUT2D eigenvalue weighted by Gasteiger charge is 2.35. The first kappa shape index (κ1) is 28.1. The Morgan fingerprint density at radius 2 is 1.84 bits per heavy atom. The van der Waals surface area contributed by atoms with Crippen molar-refractivity contribution in [2.45, 2.75) is 63.9 Å². The Kier molecular flexibility index (Phi) is 8.44. The van der Waals surface area contributed by atoms with Gasteiger partial charge in [-0.2, -0.15) is 13.2 Å². The Labute approximate surface area is 223 Å². The van der Waals surface area contributed by atoms with Gasteiger partial charge in [-0.25, -0.2) is 0 Å². The Hall–Kier alpha value is -2.95. The molecule has 1 N–H and O–H groups in total. The van der Waals surface area contributed by atoms with E-state index < -0.39 is 22.9 Å². The van der Waals surface area contributed by atoms with E-state index in [9.17, 15) is 22.5 Å². The molecule has 3 aromatic rings. The van der Waals surface area contributed by atoms with Gasteiger partial charge in [0.05, 0.1) is 40.8 Å². The zero-order chi connectivity index (χ0) is 27.6. The SMILES string of the molecule is CC[S+]([O-])c1ccc([C@H](C)NC(=O)c2cnc3c(c2)CN(Cc2ccc(C(F)(F)F)cc2)[C@H]3C(C)C)nc1. The summed E-state index contributed by atoms with van der Waals surface area (Å²) in [5.41, 5.74) is 3.02. The summed E-state index contributed by atoms with van der Waals surface area (Å²) in [6.45, 7) is 8.85. The molecule has 0 bridgehead atoms. The van der Waals surface area contributed by atoms with Crippen LogP contribution in [0.5, 0.6) is 0 Å². The van der Waals surface area contributed by atoms with Crippen LogP contribution >= 0.6 is 0 Å². The molecule has 1 aliphatic rings. The summed E-state index contributed by atoms with van der Waals surface area (Å²) in [7, 11) is 0. The van der Waals surface area contributed by atoms with Crippen LogP contribution in [0.25, 0.3) is 0 Å². The molecule has 1 aliphatic heterocycles. The van der Waals surface area contributed by atoms with Crippen LogP contribution in [-0.2, 0) is 30.4 Å². The molecular weight excluding hydrogens is 513 g/mol. The van der Waals surface area contributed by atoms with E-state index in [0.717, 1.165) is 29.0 Å². The van der Waals surface area contributed by atoms with Crippen molar-refractivity contribution in [3.05, 3.63) is 88.5 Å². The number of benzene rings is 1. The standard InChI is InChI=1S/C28H31F3N4O2S/c1-5-38(37)23-10-11-24(32-14-23)18(4)34-27(36)20-12-21-16-35(26(17(2)3)25(21)33-13-20)15-19-6-8-22(9-7-19)28(29,30)31/h6-14,17-18,26H,5,15-16H2,1-4H3,(H,34,36)/t18-,26-,38?/m0/s1. The van der Waals surface area contributed by atoms with Crippen LogP contribution in [0.1, 0.15) is 78.2 Å². The number of pyridine rings is 2. The zero-order valence-corrected chi connectivity index (χ0v) is 22.6. The molecule has 4 rings (SSSR count). The summed E-state index contributed by atoms with van der Waals surface area (Å²) < 4.78 is 50.8. The van der Waals surface area contributed by atoms with Gasteiger partial charge in [0.15, 0.2) is 4.90 Å². The Balaban J connectivity index is 1.46. The monoisotopic (exact) mass is 544 g/mol. The third-order valence-corrected chi connectivity index (χ3v) is 7.98. The summed E-state index contributed by atoms with van der Waals surface area (Å²) in [6.07, 6.45) is -1.22. The van der Waals surface area contributed by atoms with Gasteiger partial charge < -0.3 is 9.87 Å². The highest BCUT2D eigenvalue weighted by Crippen LogP contribution is 2.39. The molecule has 0 fully saturated rings. The first-order chi connectivity index (χ1) is 18.0. The molecule has 0 aliphatic carbocycles. The largest absolute Gasteiger partial charge is 0.611 e. The van der Waals surface area contributed by atoms with Gasteiger partial charge in [0, 0.05) is 19.3 Å². The normalized spacial score (nSPS) is 17.3.